The molecular formula is C20H16FN7O2. The van der Waals surface area contributed by atoms with Crippen LogP contribution in [0.1, 0.15) is 24.1 Å². The first-order valence-electron chi connectivity index (χ1n) is 9.32. The van der Waals surface area contributed by atoms with Gasteiger partial charge in [0.05, 0.1) is 12.3 Å². The minimum Gasteiger partial charge on any atom is -0.494 e. The van der Waals surface area contributed by atoms with Crippen LogP contribution in [0.5, 0.6) is 5.75 Å². The SMILES string of the molecule is CCOc1ccc(-c2n[nH]c(=O)c3c2C(c2cccc(F)c2)n2nnnc2N3)cc1. The van der Waals surface area contributed by atoms with Crippen LogP contribution in [0.3, 0.4) is 0 Å². The summed E-state index contributed by atoms with van der Waals surface area (Å²) in [6, 6.07) is 12.8. The van der Waals surface area contributed by atoms with Crippen LogP contribution in [0.4, 0.5) is 16.0 Å². The van der Waals surface area contributed by atoms with E-state index in [1.165, 1.54) is 16.8 Å². The molecule has 0 fully saturated rings. The van der Waals surface area contributed by atoms with Gasteiger partial charge in [-0.1, -0.05) is 17.2 Å². The Kier molecular flexibility index (Phi) is 4.24. The molecule has 1 aliphatic rings. The predicted molar refractivity (Wildman–Crippen MR) is 106 cm³/mol. The molecule has 4 aromatic rings. The van der Waals surface area contributed by atoms with Crippen molar-refractivity contribution in [3.05, 3.63) is 75.8 Å². The fourth-order valence-corrected chi connectivity index (χ4v) is 3.62. The van der Waals surface area contributed by atoms with Gasteiger partial charge in [-0.25, -0.2) is 9.49 Å². The van der Waals surface area contributed by atoms with Crippen molar-refractivity contribution in [2.24, 2.45) is 0 Å². The van der Waals surface area contributed by atoms with Crippen molar-refractivity contribution in [2.75, 3.05) is 11.9 Å². The maximum absolute atomic E-state index is 14.0. The van der Waals surface area contributed by atoms with Crippen molar-refractivity contribution in [1.82, 2.24) is 30.4 Å². The first-order valence-corrected chi connectivity index (χ1v) is 9.32. The number of aromatic amines is 1. The van der Waals surface area contributed by atoms with Crippen LogP contribution in [0.2, 0.25) is 0 Å². The van der Waals surface area contributed by atoms with Gasteiger partial charge in [0, 0.05) is 11.1 Å². The van der Waals surface area contributed by atoms with Crippen LogP contribution in [0, 0.1) is 5.82 Å². The summed E-state index contributed by atoms with van der Waals surface area (Å²) in [5.41, 5.74) is 2.27. The molecule has 30 heavy (non-hydrogen) atoms. The zero-order chi connectivity index (χ0) is 20.7. The second-order valence-electron chi connectivity index (χ2n) is 6.68. The number of halogens is 1. The van der Waals surface area contributed by atoms with Crippen molar-refractivity contribution in [1.29, 1.82) is 0 Å². The Morgan fingerprint density at radius 2 is 2.03 bits per heavy atom. The zero-order valence-corrected chi connectivity index (χ0v) is 15.8. The number of benzene rings is 2. The van der Waals surface area contributed by atoms with E-state index in [-0.39, 0.29) is 11.6 Å². The van der Waals surface area contributed by atoms with E-state index in [1.807, 2.05) is 31.2 Å². The number of aromatic nitrogens is 6. The van der Waals surface area contributed by atoms with Crippen molar-refractivity contribution in [3.63, 3.8) is 0 Å². The van der Waals surface area contributed by atoms with Gasteiger partial charge in [-0.2, -0.15) is 9.78 Å². The molecule has 2 aromatic carbocycles. The highest BCUT2D eigenvalue weighted by molar-refractivity contribution is 5.75. The van der Waals surface area contributed by atoms with E-state index in [0.29, 0.717) is 23.4 Å². The lowest BCUT2D eigenvalue weighted by molar-refractivity contribution is 0.340. The van der Waals surface area contributed by atoms with Gasteiger partial charge in [0.1, 0.15) is 23.3 Å². The van der Waals surface area contributed by atoms with Crippen LogP contribution >= 0.6 is 0 Å². The molecule has 2 N–H and O–H groups in total. The molecule has 0 radical (unpaired) electrons. The van der Waals surface area contributed by atoms with Crippen molar-refractivity contribution >= 4 is 11.6 Å². The van der Waals surface area contributed by atoms with E-state index >= 15 is 0 Å². The number of hydrogen-bond donors (Lipinski definition) is 2. The summed E-state index contributed by atoms with van der Waals surface area (Å²) >= 11 is 0. The molecule has 0 bridgehead atoms. The molecule has 0 spiro atoms. The third-order valence-corrected chi connectivity index (χ3v) is 4.87. The molecule has 150 valence electrons. The van der Waals surface area contributed by atoms with Crippen LogP contribution in [0.15, 0.2) is 53.3 Å². The summed E-state index contributed by atoms with van der Waals surface area (Å²) in [5.74, 6) is 0.607. The smallest absolute Gasteiger partial charge is 0.288 e. The predicted octanol–water partition coefficient (Wildman–Crippen LogP) is 2.66. The minimum atomic E-state index is -0.640. The summed E-state index contributed by atoms with van der Waals surface area (Å²) in [6.07, 6.45) is 0. The van der Waals surface area contributed by atoms with Gasteiger partial charge in [-0.15, -0.1) is 0 Å². The highest BCUT2D eigenvalue weighted by Crippen LogP contribution is 2.41. The van der Waals surface area contributed by atoms with Gasteiger partial charge in [0.2, 0.25) is 5.95 Å². The van der Waals surface area contributed by atoms with Gasteiger partial charge in [-0.05, 0) is 59.3 Å². The minimum absolute atomic E-state index is 0.269. The number of hydrogen-bond acceptors (Lipinski definition) is 7. The first-order chi connectivity index (χ1) is 14.7. The van der Waals surface area contributed by atoms with Crippen LogP contribution < -0.4 is 15.6 Å². The van der Waals surface area contributed by atoms with E-state index in [1.54, 1.807) is 12.1 Å². The lowest BCUT2D eigenvalue weighted by Crippen LogP contribution is -2.29. The Morgan fingerprint density at radius 1 is 1.20 bits per heavy atom. The molecule has 0 saturated carbocycles. The van der Waals surface area contributed by atoms with Gasteiger partial charge in [-0.3, -0.25) is 4.79 Å². The Morgan fingerprint density at radius 3 is 2.80 bits per heavy atom. The lowest BCUT2D eigenvalue weighted by atomic mass is 9.92. The molecule has 3 heterocycles. The van der Waals surface area contributed by atoms with Gasteiger partial charge in [0.25, 0.3) is 5.56 Å². The molecule has 0 aliphatic carbocycles. The summed E-state index contributed by atoms with van der Waals surface area (Å²) in [5, 5.41) is 21.5. The van der Waals surface area contributed by atoms with Crippen molar-refractivity contribution in [2.45, 2.75) is 13.0 Å². The topological polar surface area (TPSA) is 111 Å². The molecule has 1 unspecified atom stereocenters. The van der Waals surface area contributed by atoms with E-state index in [2.05, 4.69) is 31.0 Å². The van der Waals surface area contributed by atoms with E-state index in [4.69, 9.17) is 4.74 Å². The molecule has 0 amide bonds. The maximum atomic E-state index is 14.0. The van der Waals surface area contributed by atoms with Crippen LogP contribution in [-0.2, 0) is 0 Å². The number of fused-ring (bicyclic) bond motifs is 2. The molecule has 2 aromatic heterocycles. The Balaban J connectivity index is 1.75. The molecule has 1 aliphatic heterocycles. The fourth-order valence-electron chi connectivity index (χ4n) is 3.62. The van der Waals surface area contributed by atoms with Crippen LogP contribution in [0.25, 0.3) is 11.3 Å². The highest BCUT2D eigenvalue weighted by atomic mass is 19.1. The first kappa shape index (κ1) is 18.0. The Labute approximate surface area is 169 Å². The quantitative estimate of drug-likeness (QED) is 0.473. The van der Waals surface area contributed by atoms with E-state index < -0.39 is 17.4 Å². The molecular weight excluding hydrogens is 389 g/mol. The molecule has 9 nitrogen and oxygen atoms in total. The lowest BCUT2D eigenvalue weighted by Gasteiger charge is -2.27. The number of rotatable bonds is 4. The van der Waals surface area contributed by atoms with Gasteiger partial charge in [0.15, 0.2) is 0 Å². The number of ether oxygens (including phenoxy) is 1. The number of tetrazole rings is 1. The molecule has 1 atom stereocenters. The standard InChI is InChI=1S/C20H16FN7O2/c1-2-30-14-8-6-11(7-9-14)16-15-17(19(29)24-23-16)22-20-25-26-27-28(20)18(15)12-4-3-5-13(21)10-12/h3-10,18H,2H2,1H3,(H,24,29)(H,22,25,27). The van der Waals surface area contributed by atoms with E-state index in [0.717, 1.165) is 11.3 Å². The summed E-state index contributed by atoms with van der Waals surface area (Å²) < 4.78 is 21.1. The van der Waals surface area contributed by atoms with Gasteiger partial charge >= 0.3 is 0 Å². The Bertz CT molecular complexity index is 1280. The normalized spacial score (nSPS) is 14.5. The highest BCUT2D eigenvalue weighted by Gasteiger charge is 2.34. The fraction of sp³-hybridized carbons (Fsp3) is 0.150. The number of H-pyrrole nitrogens is 1. The van der Waals surface area contributed by atoms with Crippen molar-refractivity contribution in [3.8, 4) is 17.0 Å². The third-order valence-electron chi connectivity index (χ3n) is 4.87. The monoisotopic (exact) mass is 405 g/mol. The average Bonchev–Trinajstić information content (AvgIpc) is 3.22. The number of nitrogens with one attached hydrogen (secondary N) is 2. The second kappa shape index (κ2) is 7.07. The maximum Gasteiger partial charge on any atom is 0.288 e. The number of nitrogens with zero attached hydrogens (tertiary/aromatic N) is 5. The summed E-state index contributed by atoms with van der Waals surface area (Å²) in [4.78, 5) is 12.6. The molecule has 0 saturated heterocycles. The van der Waals surface area contributed by atoms with Crippen LogP contribution in [-0.4, -0.2) is 37.0 Å². The zero-order valence-electron chi connectivity index (χ0n) is 15.8. The number of anilines is 2. The van der Waals surface area contributed by atoms with E-state index in [9.17, 15) is 9.18 Å². The average molecular weight is 405 g/mol. The van der Waals surface area contributed by atoms with Gasteiger partial charge < -0.3 is 10.1 Å². The summed E-state index contributed by atoms with van der Waals surface area (Å²) in [7, 11) is 0. The summed E-state index contributed by atoms with van der Waals surface area (Å²) in [6.45, 7) is 2.46. The third kappa shape index (κ3) is 2.89. The molecule has 10 heteroatoms. The molecule has 5 rings (SSSR count). The largest absolute Gasteiger partial charge is 0.494 e. The van der Waals surface area contributed by atoms with Crippen molar-refractivity contribution < 1.29 is 9.13 Å². The second-order valence-corrected chi connectivity index (χ2v) is 6.68. The Hall–Kier alpha value is -4.08.